The molecule has 4 fully saturated rings. The van der Waals surface area contributed by atoms with E-state index in [1.165, 1.54) is 6.42 Å². The average Bonchev–Trinajstić information content (AvgIpc) is 2.99. The monoisotopic (exact) mass is 358 g/mol. The third-order valence-electron chi connectivity index (χ3n) is 7.24. The summed E-state index contributed by atoms with van der Waals surface area (Å²) in [5.74, 6) is 2.48. The highest BCUT2D eigenvalue weighted by atomic mass is 16.7. The molecule has 1 saturated heterocycles. The molecule has 0 spiro atoms. The molecule has 142 valence electrons. The van der Waals surface area contributed by atoms with Crippen LogP contribution >= 0.6 is 0 Å². The van der Waals surface area contributed by atoms with Crippen LogP contribution < -0.4 is 4.74 Å². The van der Waals surface area contributed by atoms with Gasteiger partial charge in [-0.05, 0) is 54.7 Å². The standard InChI is InChI=1S/C21H31BO4/c1-14(12-24-13-15-6-8-17(23-5)9-7-15)22-25-19-11-16-10-18(20(16,2)3)21(19,4)26-22/h6-9,14,16,18-19H,10-13H2,1-5H3/t14?,16-,18-,19+,21-/m1/s1. The van der Waals surface area contributed by atoms with Crippen LogP contribution in [0, 0.1) is 17.3 Å². The zero-order chi connectivity index (χ0) is 18.5. The number of methoxy groups -OCH3 is 1. The fourth-order valence-corrected chi connectivity index (χ4v) is 5.31. The molecule has 5 atom stereocenters. The van der Waals surface area contributed by atoms with Crippen LogP contribution in [0.5, 0.6) is 5.75 Å². The van der Waals surface area contributed by atoms with Gasteiger partial charge in [0.1, 0.15) is 5.75 Å². The van der Waals surface area contributed by atoms with Crippen LogP contribution in [0.15, 0.2) is 24.3 Å². The summed E-state index contributed by atoms with van der Waals surface area (Å²) in [6, 6.07) is 8.00. The topological polar surface area (TPSA) is 36.9 Å². The predicted molar refractivity (Wildman–Crippen MR) is 102 cm³/mol. The van der Waals surface area contributed by atoms with Gasteiger partial charge in [0.15, 0.2) is 0 Å². The summed E-state index contributed by atoms with van der Waals surface area (Å²) in [4.78, 5) is 0. The van der Waals surface area contributed by atoms with E-state index < -0.39 is 0 Å². The van der Waals surface area contributed by atoms with Crippen LogP contribution in [0.25, 0.3) is 0 Å². The highest BCUT2D eigenvalue weighted by Gasteiger charge is 2.68. The SMILES string of the molecule is COc1ccc(COCC(C)B2O[C@H]3C[C@H]4C[C@H](C4(C)C)[C@@]3(C)O2)cc1. The van der Waals surface area contributed by atoms with Crippen molar-refractivity contribution in [2.24, 2.45) is 17.3 Å². The van der Waals surface area contributed by atoms with E-state index in [-0.39, 0.29) is 24.6 Å². The van der Waals surface area contributed by atoms with Gasteiger partial charge in [0.05, 0.1) is 25.4 Å². The molecule has 1 heterocycles. The molecule has 0 radical (unpaired) electrons. The summed E-state index contributed by atoms with van der Waals surface area (Å²) in [5.41, 5.74) is 1.40. The zero-order valence-corrected chi connectivity index (χ0v) is 16.7. The Kier molecular flexibility index (Phi) is 4.61. The van der Waals surface area contributed by atoms with E-state index in [0.29, 0.717) is 24.5 Å². The molecular weight excluding hydrogens is 327 g/mol. The molecule has 5 heteroatoms. The van der Waals surface area contributed by atoms with Gasteiger partial charge in [-0.15, -0.1) is 0 Å². The first-order valence-electron chi connectivity index (χ1n) is 9.88. The molecule has 3 saturated carbocycles. The Morgan fingerprint density at radius 2 is 1.92 bits per heavy atom. The molecule has 1 aliphatic heterocycles. The minimum Gasteiger partial charge on any atom is -0.497 e. The Morgan fingerprint density at radius 3 is 2.58 bits per heavy atom. The molecule has 5 rings (SSSR count). The quantitative estimate of drug-likeness (QED) is 0.710. The number of hydrogen-bond acceptors (Lipinski definition) is 4. The van der Waals surface area contributed by atoms with E-state index in [2.05, 4.69) is 27.7 Å². The molecule has 4 nitrogen and oxygen atoms in total. The lowest BCUT2D eigenvalue weighted by Gasteiger charge is -2.64. The fourth-order valence-electron chi connectivity index (χ4n) is 5.31. The van der Waals surface area contributed by atoms with Gasteiger partial charge in [-0.2, -0.15) is 0 Å². The molecule has 0 N–H and O–H groups in total. The van der Waals surface area contributed by atoms with E-state index in [9.17, 15) is 0 Å². The van der Waals surface area contributed by atoms with Crippen LogP contribution in [0.4, 0.5) is 0 Å². The smallest absolute Gasteiger partial charge is 0.463 e. The lowest BCUT2D eigenvalue weighted by Crippen LogP contribution is -2.65. The van der Waals surface area contributed by atoms with Crippen molar-refractivity contribution in [2.45, 2.75) is 64.7 Å². The normalized spacial score (nSPS) is 35.6. The van der Waals surface area contributed by atoms with Crippen molar-refractivity contribution in [1.29, 1.82) is 0 Å². The van der Waals surface area contributed by atoms with Gasteiger partial charge in [0, 0.05) is 12.4 Å². The summed E-state index contributed by atoms with van der Waals surface area (Å²) in [6.07, 6.45) is 2.67. The second-order valence-electron chi connectivity index (χ2n) is 9.18. The molecule has 1 aromatic carbocycles. The van der Waals surface area contributed by atoms with Gasteiger partial charge in [-0.1, -0.05) is 32.9 Å². The van der Waals surface area contributed by atoms with E-state index in [1.54, 1.807) is 7.11 Å². The van der Waals surface area contributed by atoms with Gasteiger partial charge in [-0.3, -0.25) is 0 Å². The van der Waals surface area contributed by atoms with E-state index >= 15 is 0 Å². The zero-order valence-electron chi connectivity index (χ0n) is 16.7. The number of rotatable bonds is 6. The molecule has 2 bridgehead atoms. The van der Waals surface area contributed by atoms with Crippen molar-refractivity contribution in [1.82, 2.24) is 0 Å². The summed E-state index contributed by atoms with van der Waals surface area (Å²) >= 11 is 0. The van der Waals surface area contributed by atoms with Crippen molar-refractivity contribution in [2.75, 3.05) is 13.7 Å². The van der Waals surface area contributed by atoms with Crippen LogP contribution in [0.1, 0.15) is 46.1 Å². The minimum atomic E-state index is -0.156. The Morgan fingerprint density at radius 1 is 1.19 bits per heavy atom. The summed E-state index contributed by atoms with van der Waals surface area (Å²) < 4.78 is 24.0. The van der Waals surface area contributed by atoms with E-state index in [0.717, 1.165) is 23.7 Å². The Balaban J connectivity index is 1.30. The third kappa shape index (κ3) is 2.89. The van der Waals surface area contributed by atoms with Crippen molar-refractivity contribution < 1.29 is 18.8 Å². The van der Waals surface area contributed by atoms with Crippen molar-refractivity contribution in [3.05, 3.63) is 29.8 Å². The number of ether oxygens (including phenoxy) is 2. The van der Waals surface area contributed by atoms with E-state index in [4.69, 9.17) is 18.8 Å². The lowest BCUT2D eigenvalue weighted by atomic mass is 9.43. The first-order valence-corrected chi connectivity index (χ1v) is 9.88. The average molecular weight is 358 g/mol. The Bertz CT molecular complexity index is 646. The molecule has 0 aromatic heterocycles. The molecule has 1 unspecified atom stereocenters. The summed E-state index contributed by atoms with van der Waals surface area (Å²) in [6.45, 7) is 10.5. The van der Waals surface area contributed by atoms with Crippen molar-refractivity contribution >= 4 is 7.12 Å². The lowest BCUT2D eigenvalue weighted by molar-refractivity contribution is -0.199. The minimum absolute atomic E-state index is 0.132. The molecule has 3 aliphatic carbocycles. The molecule has 1 aromatic rings. The summed E-state index contributed by atoms with van der Waals surface area (Å²) in [5, 5.41) is 0. The Labute approximate surface area is 157 Å². The predicted octanol–water partition coefficient (Wildman–Crippen LogP) is 4.33. The van der Waals surface area contributed by atoms with Crippen molar-refractivity contribution in [3.63, 3.8) is 0 Å². The highest BCUT2D eigenvalue weighted by Crippen LogP contribution is 2.66. The van der Waals surface area contributed by atoms with Crippen LogP contribution in [-0.2, 0) is 20.7 Å². The number of hydrogen-bond donors (Lipinski definition) is 0. The second kappa shape index (κ2) is 6.54. The van der Waals surface area contributed by atoms with Crippen LogP contribution in [0.3, 0.4) is 0 Å². The van der Waals surface area contributed by atoms with Gasteiger partial charge < -0.3 is 18.8 Å². The van der Waals surface area contributed by atoms with Gasteiger partial charge in [0.25, 0.3) is 0 Å². The third-order valence-corrected chi connectivity index (χ3v) is 7.24. The second-order valence-corrected chi connectivity index (χ2v) is 9.18. The molecular formula is C21H31BO4. The summed E-state index contributed by atoms with van der Waals surface area (Å²) in [7, 11) is 1.52. The van der Waals surface area contributed by atoms with Gasteiger partial charge >= 0.3 is 7.12 Å². The molecule has 0 amide bonds. The van der Waals surface area contributed by atoms with Crippen molar-refractivity contribution in [3.8, 4) is 5.75 Å². The first kappa shape index (κ1) is 18.3. The maximum Gasteiger partial charge on any atom is 0.463 e. The fraction of sp³-hybridized carbons (Fsp3) is 0.714. The van der Waals surface area contributed by atoms with Crippen LogP contribution in [-0.4, -0.2) is 32.5 Å². The van der Waals surface area contributed by atoms with E-state index in [1.807, 2.05) is 24.3 Å². The van der Waals surface area contributed by atoms with Gasteiger partial charge in [-0.25, -0.2) is 0 Å². The van der Waals surface area contributed by atoms with Gasteiger partial charge in [0.2, 0.25) is 0 Å². The highest BCUT2D eigenvalue weighted by molar-refractivity contribution is 6.47. The largest absolute Gasteiger partial charge is 0.497 e. The molecule has 4 aliphatic rings. The van der Waals surface area contributed by atoms with Crippen LogP contribution in [0.2, 0.25) is 5.82 Å². The first-order chi connectivity index (χ1) is 12.3. The molecule has 26 heavy (non-hydrogen) atoms. The number of benzene rings is 1. The maximum absolute atomic E-state index is 6.51. The maximum atomic E-state index is 6.51. The Hall–Kier alpha value is -1.04.